The third-order valence-electron chi connectivity index (χ3n) is 6.75. The van der Waals surface area contributed by atoms with Gasteiger partial charge in [0.1, 0.15) is 11.6 Å². The van der Waals surface area contributed by atoms with E-state index in [9.17, 15) is 9.59 Å². The second-order valence-electron chi connectivity index (χ2n) is 9.31. The number of aromatic nitrogens is 3. The van der Waals surface area contributed by atoms with Crippen molar-refractivity contribution in [2.45, 2.75) is 46.0 Å². The van der Waals surface area contributed by atoms with Gasteiger partial charge in [0.05, 0.1) is 18.4 Å². The minimum absolute atomic E-state index is 0.0570. The number of piperidine rings is 1. The Morgan fingerprint density at radius 2 is 1.94 bits per heavy atom. The number of likely N-dealkylation sites (tertiary alicyclic amines) is 2. The highest BCUT2D eigenvalue weighted by molar-refractivity contribution is 5.80. The van der Waals surface area contributed by atoms with E-state index in [1.165, 1.54) is 0 Å². The van der Waals surface area contributed by atoms with Gasteiger partial charge in [-0.15, -0.1) is 0 Å². The highest BCUT2D eigenvalue weighted by atomic mass is 16.5. The molecule has 0 saturated carbocycles. The lowest BCUT2D eigenvalue weighted by atomic mass is 9.71. The first-order valence-electron chi connectivity index (χ1n) is 11.5. The molecule has 0 radical (unpaired) electrons. The predicted octanol–water partition coefficient (Wildman–Crippen LogP) is 2.34. The maximum atomic E-state index is 13.1. The number of fused-ring (bicyclic) bond motifs is 1. The van der Waals surface area contributed by atoms with Gasteiger partial charge in [-0.1, -0.05) is 26.0 Å². The van der Waals surface area contributed by atoms with Crippen LogP contribution in [-0.4, -0.2) is 69.6 Å². The summed E-state index contributed by atoms with van der Waals surface area (Å²) >= 11 is 0. The van der Waals surface area contributed by atoms with E-state index in [1.54, 1.807) is 0 Å². The topological polar surface area (TPSA) is 91.4 Å². The van der Waals surface area contributed by atoms with Crippen molar-refractivity contribution in [3.8, 4) is 5.75 Å². The molecular formula is C24H33N5O3. The lowest BCUT2D eigenvalue weighted by Crippen LogP contribution is -2.52. The fraction of sp³-hybridized carbons (Fsp3) is 0.583. The molecule has 2 aliphatic rings. The molecule has 2 aliphatic heterocycles. The molecule has 2 aromatic rings. The summed E-state index contributed by atoms with van der Waals surface area (Å²) in [7, 11) is 0. The number of ether oxygens (including phenoxy) is 1. The molecule has 2 atom stereocenters. The smallest absolute Gasteiger partial charge is 0.227 e. The van der Waals surface area contributed by atoms with Gasteiger partial charge in [0, 0.05) is 38.0 Å². The number of carbonyl (C=O) groups is 2. The van der Waals surface area contributed by atoms with Crippen LogP contribution in [0.5, 0.6) is 5.75 Å². The molecule has 1 N–H and O–H groups in total. The van der Waals surface area contributed by atoms with Crippen LogP contribution in [0.4, 0.5) is 0 Å². The van der Waals surface area contributed by atoms with Crippen LogP contribution in [0.1, 0.15) is 44.4 Å². The van der Waals surface area contributed by atoms with Crippen molar-refractivity contribution >= 4 is 11.8 Å². The number of hydrogen-bond donors (Lipinski definition) is 1. The van der Waals surface area contributed by atoms with Crippen LogP contribution >= 0.6 is 0 Å². The number of aryl methyl sites for hydroxylation is 1. The molecule has 2 unspecified atom stereocenters. The van der Waals surface area contributed by atoms with E-state index in [2.05, 4.69) is 15.2 Å². The van der Waals surface area contributed by atoms with Crippen LogP contribution in [0.3, 0.4) is 0 Å². The van der Waals surface area contributed by atoms with Crippen molar-refractivity contribution in [1.29, 1.82) is 0 Å². The van der Waals surface area contributed by atoms with E-state index in [4.69, 9.17) is 4.74 Å². The summed E-state index contributed by atoms with van der Waals surface area (Å²) in [6.45, 7) is 10.8. The van der Waals surface area contributed by atoms with Crippen molar-refractivity contribution in [3.63, 3.8) is 0 Å². The zero-order valence-electron chi connectivity index (χ0n) is 19.4. The standard InChI is InChI=1S/C24H33N5O3/c1-5-32-20-8-6-18(7-9-20)12-21(30)28-11-10-24(23-25-17(4)26-27-23)15-29(14-19(24)13-28)22(31)16(2)3/h6-9,16,19H,5,10-15H2,1-4H3,(H,25,26,27). The average molecular weight is 440 g/mol. The average Bonchev–Trinajstić information content (AvgIpc) is 3.38. The second kappa shape index (κ2) is 8.92. The highest BCUT2D eigenvalue weighted by Crippen LogP contribution is 2.44. The van der Waals surface area contributed by atoms with Gasteiger partial charge >= 0.3 is 0 Å². The number of aromatic amines is 1. The Kier molecular flexibility index (Phi) is 6.22. The fourth-order valence-electron chi connectivity index (χ4n) is 5.03. The fourth-order valence-corrected chi connectivity index (χ4v) is 5.03. The molecule has 0 spiro atoms. The molecule has 8 nitrogen and oxygen atoms in total. The van der Waals surface area contributed by atoms with E-state index in [-0.39, 0.29) is 29.1 Å². The van der Waals surface area contributed by atoms with E-state index >= 15 is 0 Å². The van der Waals surface area contributed by atoms with Gasteiger partial charge in [0.15, 0.2) is 5.82 Å². The molecule has 4 rings (SSSR count). The number of nitrogens with one attached hydrogen (secondary N) is 1. The predicted molar refractivity (Wildman–Crippen MR) is 120 cm³/mol. The number of amides is 2. The van der Waals surface area contributed by atoms with Crippen LogP contribution in [-0.2, 0) is 21.4 Å². The van der Waals surface area contributed by atoms with Crippen LogP contribution in [0.25, 0.3) is 0 Å². The minimum atomic E-state index is -0.300. The largest absolute Gasteiger partial charge is 0.494 e. The molecule has 0 aliphatic carbocycles. The van der Waals surface area contributed by atoms with Crippen molar-refractivity contribution < 1.29 is 14.3 Å². The van der Waals surface area contributed by atoms with Crippen molar-refractivity contribution in [2.75, 3.05) is 32.8 Å². The Hall–Kier alpha value is -2.90. The molecule has 32 heavy (non-hydrogen) atoms. The summed E-state index contributed by atoms with van der Waals surface area (Å²) < 4.78 is 5.49. The zero-order valence-corrected chi connectivity index (χ0v) is 19.4. The first-order valence-corrected chi connectivity index (χ1v) is 11.5. The normalized spacial score (nSPS) is 22.8. The van der Waals surface area contributed by atoms with E-state index < -0.39 is 0 Å². The summed E-state index contributed by atoms with van der Waals surface area (Å²) in [6, 6.07) is 7.72. The van der Waals surface area contributed by atoms with E-state index in [0.717, 1.165) is 29.4 Å². The molecule has 2 amide bonds. The lowest BCUT2D eigenvalue weighted by molar-refractivity contribution is -0.133. The van der Waals surface area contributed by atoms with Crippen LogP contribution in [0.15, 0.2) is 24.3 Å². The number of H-pyrrole nitrogens is 1. The summed E-state index contributed by atoms with van der Waals surface area (Å²) in [5, 5.41) is 7.45. The monoisotopic (exact) mass is 439 g/mol. The number of carbonyl (C=O) groups excluding carboxylic acids is 2. The first-order chi connectivity index (χ1) is 15.3. The van der Waals surface area contributed by atoms with E-state index in [1.807, 2.05) is 61.8 Å². The third kappa shape index (κ3) is 4.23. The Balaban J connectivity index is 1.50. The molecule has 1 aromatic heterocycles. The van der Waals surface area contributed by atoms with Gasteiger partial charge in [-0.25, -0.2) is 4.98 Å². The zero-order chi connectivity index (χ0) is 22.9. The molecule has 0 bridgehead atoms. The van der Waals surface area contributed by atoms with Crippen LogP contribution in [0.2, 0.25) is 0 Å². The van der Waals surface area contributed by atoms with Crippen LogP contribution < -0.4 is 4.74 Å². The SMILES string of the molecule is CCOc1ccc(CC(=O)N2CCC3(c4n[nH]c(C)n4)CN(C(=O)C(C)C)CC3C2)cc1. The van der Waals surface area contributed by atoms with Gasteiger partial charge < -0.3 is 14.5 Å². The van der Waals surface area contributed by atoms with Gasteiger partial charge in [0.2, 0.25) is 11.8 Å². The third-order valence-corrected chi connectivity index (χ3v) is 6.75. The van der Waals surface area contributed by atoms with Gasteiger partial charge in [-0.05, 0) is 38.0 Å². The summed E-state index contributed by atoms with van der Waals surface area (Å²) in [5.41, 5.74) is 0.675. The highest BCUT2D eigenvalue weighted by Gasteiger charge is 2.54. The number of rotatable bonds is 6. The number of nitrogens with zero attached hydrogens (tertiary/aromatic N) is 4. The number of hydrogen-bond acceptors (Lipinski definition) is 5. The molecule has 172 valence electrons. The molecule has 2 fully saturated rings. The molecule has 2 saturated heterocycles. The molecule has 3 heterocycles. The maximum Gasteiger partial charge on any atom is 0.227 e. The minimum Gasteiger partial charge on any atom is -0.494 e. The summed E-state index contributed by atoms with van der Waals surface area (Å²) in [6.07, 6.45) is 1.12. The van der Waals surface area contributed by atoms with Gasteiger partial charge in [-0.2, -0.15) is 5.10 Å². The molecule has 1 aromatic carbocycles. The Morgan fingerprint density at radius 1 is 1.22 bits per heavy atom. The molecular weight excluding hydrogens is 406 g/mol. The first kappa shape index (κ1) is 22.3. The number of benzene rings is 1. The lowest BCUT2D eigenvalue weighted by Gasteiger charge is -2.41. The van der Waals surface area contributed by atoms with Gasteiger partial charge in [-0.3, -0.25) is 14.7 Å². The second-order valence-corrected chi connectivity index (χ2v) is 9.31. The van der Waals surface area contributed by atoms with E-state index in [0.29, 0.717) is 39.2 Å². The Labute approximate surface area is 189 Å². The quantitative estimate of drug-likeness (QED) is 0.746. The summed E-state index contributed by atoms with van der Waals surface area (Å²) in [5.74, 6) is 2.69. The maximum absolute atomic E-state index is 13.1. The van der Waals surface area contributed by atoms with Crippen LogP contribution in [0, 0.1) is 18.8 Å². The van der Waals surface area contributed by atoms with Crippen molar-refractivity contribution in [3.05, 3.63) is 41.5 Å². The summed E-state index contributed by atoms with van der Waals surface area (Å²) in [4.78, 5) is 34.4. The molecule has 8 heteroatoms. The van der Waals surface area contributed by atoms with Crippen molar-refractivity contribution in [1.82, 2.24) is 25.0 Å². The Morgan fingerprint density at radius 3 is 2.56 bits per heavy atom. The van der Waals surface area contributed by atoms with Gasteiger partial charge in [0.25, 0.3) is 0 Å². The van der Waals surface area contributed by atoms with Crippen molar-refractivity contribution in [2.24, 2.45) is 11.8 Å². The Bertz CT molecular complexity index is 970.